The maximum atomic E-state index is 13.5. The first kappa shape index (κ1) is 15.0. The topological polar surface area (TPSA) is 57.6 Å². The van der Waals surface area contributed by atoms with Crippen LogP contribution in [0.5, 0.6) is 0 Å². The van der Waals surface area contributed by atoms with E-state index in [0.29, 0.717) is 29.3 Å². The molecule has 0 aromatic heterocycles. The Balaban J connectivity index is 2.52. The number of amides is 1. The normalized spacial score (nSPS) is 23.6. The molecule has 0 spiro atoms. The lowest BCUT2D eigenvalue weighted by molar-refractivity contribution is -0.145. The molecule has 1 aromatic carbocycles. The lowest BCUT2D eigenvalue weighted by Gasteiger charge is -2.31. The second-order valence-corrected chi connectivity index (χ2v) is 5.81. The molecule has 4 nitrogen and oxygen atoms in total. The number of rotatable bonds is 2. The van der Waals surface area contributed by atoms with Crippen LogP contribution in [0, 0.1) is 11.7 Å². The first-order chi connectivity index (χ1) is 9.41. The number of carbonyl (C=O) groups excluding carboxylic acids is 1. The van der Waals surface area contributed by atoms with E-state index < -0.39 is 23.7 Å². The van der Waals surface area contributed by atoms with Crippen LogP contribution in [0.1, 0.15) is 30.9 Å². The van der Waals surface area contributed by atoms with Crippen LogP contribution in [-0.2, 0) is 9.59 Å². The van der Waals surface area contributed by atoms with Crippen molar-refractivity contribution in [3.8, 4) is 0 Å². The third-order valence-electron chi connectivity index (χ3n) is 3.69. The summed E-state index contributed by atoms with van der Waals surface area (Å²) in [5.41, 5.74) is 0.496. The van der Waals surface area contributed by atoms with Gasteiger partial charge in [-0.25, -0.2) is 4.39 Å². The molecule has 1 heterocycles. The number of carboxylic acids is 1. The summed E-state index contributed by atoms with van der Waals surface area (Å²) in [6, 6.07) is 3.46. The first-order valence-corrected chi connectivity index (χ1v) is 7.14. The van der Waals surface area contributed by atoms with Crippen LogP contribution in [-0.4, -0.2) is 28.9 Å². The lowest BCUT2D eigenvalue weighted by atomic mass is 9.89. The second-order valence-electron chi connectivity index (χ2n) is 4.95. The largest absolute Gasteiger partial charge is 0.481 e. The number of aliphatic carboxylic acids is 1. The van der Waals surface area contributed by atoms with Crippen molar-refractivity contribution in [1.82, 2.24) is 4.90 Å². The van der Waals surface area contributed by atoms with Crippen LogP contribution < -0.4 is 0 Å². The molecule has 1 N–H and O–H groups in total. The highest BCUT2D eigenvalue weighted by molar-refractivity contribution is 9.10. The maximum Gasteiger partial charge on any atom is 0.308 e. The van der Waals surface area contributed by atoms with Crippen LogP contribution in [0.2, 0.25) is 0 Å². The zero-order valence-electron chi connectivity index (χ0n) is 11.0. The van der Waals surface area contributed by atoms with Gasteiger partial charge < -0.3 is 10.0 Å². The predicted octanol–water partition coefficient (Wildman–Crippen LogP) is 2.97. The zero-order valence-corrected chi connectivity index (χ0v) is 12.6. The fourth-order valence-corrected chi connectivity index (χ4v) is 3.14. The molecule has 1 saturated heterocycles. The van der Waals surface area contributed by atoms with Crippen LogP contribution >= 0.6 is 15.9 Å². The third kappa shape index (κ3) is 2.85. The average Bonchev–Trinajstić information content (AvgIpc) is 2.53. The molecule has 0 radical (unpaired) electrons. The van der Waals surface area contributed by atoms with E-state index in [1.54, 1.807) is 7.05 Å². The zero-order chi connectivity index (χ0) is 14.9. The Kier molecular flexibility index (Phi) is 4.42. The van der Waals surface area contributed by atoms with E-state index in [0.717, 1.165) is 0 Å². The number of benzene rings is 1. The minimum absolute atomic E-state index is 0.116. The summed E-state index contributed by atoms with van der Waals surface area (Å²) >= 11 is 3.32. The summed E-state index contributed by atoms with van der Waals surface area (Å²) < 4.78 is 14.1. The third-order valence-corrected chi connectivity index (χ3v) is 4.41. The minimum Gasteiger partial charge on any atom is -0.481 e. The van der Waals surface area contributed by atoms with Crippen molar-refractivity contribution in [1.29, 1.82) is 0 Å². The molecule has 20 heavy (non-hydrogen) atoms. The number of hydrogen-bond acceptors (Lipinski definition) is 2. The van der Waals surface area contributed by atoms with Crippen molar-refractivity contribution in [2.24, 2.45) is 5.92 Å². The van der Waals surface area contributed by atoms with Gasteiger partial charge in [0.25, 0.3) is 0 Å². The van der Waals surface area contributed by atoms with Crippen LogP contribution in [0.3, 0.4) is 0 Å². The fraction of sp³-hybridized carbons (Fsp3) is 0.429. The molecular formula is C14H15BrFNO3. The van der Waals surface area contributed by atoms with Crippen molar-refractivity contribution in [2.75, 3.05) is 7.05 Å². The number of carboxylic acid groups (broad SMARTS) is 1. The Morgan fingerprint density at radius 1 is 1.50 bits per heavy atom. The van der Waals surface area contributed by atoms with Crippen molar-refractivity contribution in [3.05, 3.63) is 34.1 Å². The van der Waals surface area contributed by atoms with E-state index in [4.69, 9.17) is 0 Å². The molecule has 108 valence electrons. The maximum absolute atomic E-state index is 13.5. The minimum atomic E-state index is -0.965. The highest BCUT2D eigenvalue weighted by atomic mass is 79.9. The number of halogens is 2. The molecule has 1 aliphatic rings. The summed E-state index contributed by atoms with van der Waals surface area (Å²) in [6.45, 7) is 0. The van der Waals surface area contributed by atoms with E-state index in [-0.39, 0.29) is 5.91 Å². The molecule has 0 bridgehead atoms. The summed E-state index contributed by atoms with van der Waals surface area (Å²) in [5.74, 6) is -2.26. The van der Waals surface area contributed by atoms with Crippen molar-refractivity contribution in [3.63, 3.8) is 0 Å². The van der Waals surface area contributed by atoms with Gasteiger partial charge in [0.15, 0.2) is 0 Å². The van der Waals surface area contributed by atoms with Crippen LogP contribution in [0.25, 0.3) is 0 Å². The SMILES string of the molecule is CN1C(=O)CCCC(C(=O)O)C1c1cc(F)ccc1Br. The van der Waals surface area contributed by atoms with Crippen molar-refractivity contribution in [2.45, 2.75) is 25.3 Å². The number of likely N-dealkylation sites (tertiary alicyclic amines) is 1. The molecule has 1 amide bonds. The van der Waals surface area contributed by atoms with Gasteiger partial charge in [0.1, 0.15) is 5.82 Å². The van der Waals surface area contributed by atoms with E-state index >= 15 is 0 Å². The quantitative estimate of drug-likeness (QED) is 0.897. The summed E-state index contributed by atoms with van der Waals surface area (Å²) in [7, 11) is 1.58. The Morgan fingerprint density at radius 2 is 2.20 bits per heavy atom. The van der Waals surface area contributed by atoms with Crippen LogP contribution in [0.4, 0.5) is 4.39 Å². The van der Waals surface area contributed by atoms with Crippen molar-refractivity contribution < 1.29 is 19.1 Å². The van der Waals surface area contributed by atoms with Gasteiger partial charge in [0.05, 0.1) is 12.0 Å². The summed E-state index contributed by atoms with van der Waals surface area (Å²) in [5, 5.41) is 9.41. The second kappa shape index (κ2) is 5.91. The number of carbonyl (C=O) groups is 2. The Morgan fingerprint density at radius 3 is 2.85 bits per heavy atom. The van der Waals surface area contributed by atoms with E-state index in [9.17, 15) is 19.1 Å². The number of nitrogens with zero attached hydrogens (tertiary/aromatic N) is 1. The molecule has 1 fully saturated rings. The molecule has 0 saturated carbocycles. The molecule has 1 aliphatic heterocycles. The van der Waals surface area contributed by atoms with Gasteiger partial charge in [-0.2, -0.15) is 0 Å². The highest BCUT2D eigenvalue weighted by Gasteiger charge is 2.37. The van der Waals surface area contributed by atoms with E-state index in [1.165, 1.54) is 23.1 Å². The molecule has 2 rings (SSSR count). The highest BCUT2D eigenvalue weighted by Crippen LogP contribution is 2.38. The lowest BCUT2D eigenvalue weighted by Crippen LogP contribution is -2.36. The van der Waals surface area contributed by atoms with Gasteiger partial charge in [0.2, 0.25) is 5.91 Å². The monoisotopic (exact) mass is 343 g/mol. The molecule has 6 heteroatoms. The standard InChI is InChI=1S/C14H15BrFNO3/c1-17-12(18)4-2-3-9(14(19)20)13(17)10-7-8(16)5-6-11(10)15/h5-7,9,13H,2-4H2,1H3,(H,19,20). The van der Waals surface area contributed by atoms with Gasteiger partial charge in [-0.1, -0.05) is 15.9 Å². The van der Waals surface area contributed by atoms with Crippen LogP contribution in [0.15, 0.2) is 22.7 Å². The van der Waals surface area contributed by atoms with Crippen molar-refractivity contribution >= 4 is 27.8 Å². The van der Waals surface area contributed by atoms with Gasteiger partial charge >= 0.3 is 5.97 Å². The predicted molar refractivity (Wildman–Crippen MR) is 74.6 cm³/mol. The Bertz CT molecular complexity index is 549. The average molecular weight is 344 g/mol. The van der Waals surface area contributed by atoms with Gasteiger partial charge in [-0.05, 0) is 36.6 Å². The number of hydrogen-bond donors (Lipinski definition) is 1. The molecule has 0 aliphatic carbocycles. The smallest absolute Gasteiger partial charge is 0.308 e. The summed E-state index contributed by atoms with van der Waals surface area (Å²) in [4.78, 5) is 24.9. The molecule has 1 aromatic rings. The molecular weight excluding hydrogens is 329 g/mol. The van der Waals surface area contributed by atoms with E-state index in [1.807, 2.05) is 0 Å². The van der Waals surface area contributed by atoms with Gasteiger partial charge in [0, 0.05) is 17.9 Å². The summed E-state index contributed by atoms with van der Waals surface area (Å²) in [6.07, 6.45) is 1.26. The molecule has 2 atom stereocenters. The van der Waals surface area contributed by atoms with Gasteiger partial charge in [-0.15, -0.1) is 0 Å². The van der Waals surface area contributed by atoms with E-state index in [2.05, 4.69) is 15.9 Å². The Hall–Kier alpha value is -1.43. The molecule has 2 unspecified atom stereocenters. The van der Waals surface area contributed by atoms with Gasteiger partial charge in [-0.3, -0.25) is 9.59 Å². The Labute approximate surface area is 124 Å². The first-order valence-electron chi connectivity index (χ1n) is 6.35. The fourth-order valence-electron chi connectivity index (χ4n) is 2.66.